The minimum absolute atomic E-state index is 0. The lowest BCUT2D eigenvalue weighted by Gasteiger charge is -2.09. The van der Waals surface area contributed by atoms with E-state index >= 15 is 0 Å². The number of amides is 1. The monoisotopic (exact) mass is 391 g/mol. The van der Waals surface area contributed by atoms with Gasteiger partial charge in [-0.2, -0.15) is 0 Å². The number of benzene rings is 2. The molecule has 0 atom stereocenters. The number of hydrogen-bond donors (Lipinski definition) is 4. The van der Waals surface area contributed by atoms with Crippen molar-refractivity contribution in [3.05, 3.63) is 89.1 Å². The molecule has 0 bridgehead atoms. The molecule has 0 aliphatic rings. The Kier molecular flexibility index (Phi) is 7.45. The molecule has 0 saturated carbocycles. The van der Waals surface area contributed by atoms with Crippen LogP contribution >= 0.6 is 0 Å². The van der Waals surface area contributed by atoms with Crippen LogP contribution in [0, 0.1) is 5.41 Å². The van der Waals surface area contributed by atoms with Gasteiger partial charge in [0.15, 0.2) is 0 Å². The van der Waals surface area contributed by atoms with Crippen LogP contribution in [0.1, 0.15) is 34.5 Å². The zero-order valence-corrected chi connectivity index (χ0v) is 15.2. The summed E-state index contributed by atoms with van der Waals surface area (Å²) >= 11 is 0. The predicted molar refractivity (Wildman–Crippen MR) is 114 cm³/mol. The number of nitrogens with one attached hydrogen (secondary N) is 2. The first-order chi connectivity index (χ1) is 13.5. The number of hydrogen-bond acceptors (Lipinski definition) is 5. The lowest BCUT2D eigenvalue weighted by atomic mass is 10.1. The van der Waals surface area contributed by atoms with E-state index in [9.17, 15) is 4.79 Å². The molecule has 3 aromatic rings. The van der Waals surface area contributed by atoms with Gasteiger partial charge in [-0.3, -0.25) is 10.2 Å². The van der Waals surface area contributed by atoms with E-state index in [1.54, 1.807) is 54.7 Å². The predicted octanol–water partition coefficient (Wildman–Crippen LogP) is 3.18. The van der Waals surface area contributed by atoms with Crippen LogP contribution in [0.2, 0.25) is 0 Å². The number of rotatable bonds is 7. The number of amidine groups is 1. The van der Waals surface area contributed by atoms with Gasteiger partial charge in [0, 0.05) is 36.5 Å². The van der Waals surface area contributed by atoms with E-state index in [1.807, 2.05) is 12.1 Å². The van der Waals surface area contributed by atoms with Crippen molar-refractivity contribution in [2.24, 2.45) is 11.5 Å². The quantitative estimate of drug-likeness (QED) is 0.363. The first kappa shape index (κ1) is 21.6. The largest absolute Gasteiger partial charge is 0.439 e. The molecule has 1 amide bonds. The number of nitrogens with zero attached hydrogens (tertiary/aromatic N) is 1. The molecule has 1 aromatic heterocycles. The van der Waals surface area contributed by atoms with Crippen molar-refractivity contribution in [3.63, 3.8) is 0 Å². The summed E-state index contributed by atoms with van der Waals surface area (Å²) in [6.45, 7) is 0.720. The van der Waals surface area contributed by atoms with Crippen molar-refractivity contribution in [3.8, 4) is 11.6 Å². The Balaban J connectivity index is 0.00000300. The maximum Gasteiger partial charge on any atom is 0.251 e. The molecule has 2 aromatic carbocycles. The zero-order chi connectivity index (χ0) is 19.9. The molecule has 0 spiro atoms. The molecule has 6 N–H and O–H groups in total. The van der Waals surface area contributed by atoms with Gasteiger partial charge in [0.1, 0.15) is 11.6 Å². The second-order valence-corrected chi connectivity index (χ2v) is 6.13. The van der Waals surface area contributed by atoms with E-state index in [-0.39, 0.29) is 19.2 Å². The average molecular weight is 391 g/mol. The summed E-state index contributed by atoms with van der Waals surface area (Å²) in [4.78, 5) is 16.6. The molecular weight excluding hydrogens is 366 g/mol. The van der Waals surface area contributed by atoms with Crippen LogP contribution in [0.25, 0.3) is 0 Å². The second-order valence-electron chi connectivity index (χ2n) is 6.13. The summed E-state index contributed by atoms with van der Waals surface area (Å²) in [6.07, 6.45) is 1.63. The molecular formula is C22H25N5O2. The summed E-state index contributed by atoms with van der Waals surface area (Å²) < 4.78 is 5.73. The molecule has 29 heavy (non-hydrogen) atoms. The van der Waals surface area contributed by atoms with Crippen LogP contribution < -0.4 is 21.5 Å². The topological polar surface area (TPSA) is 127 Å². The van der Waals surface area contributed by atoms with E-state index in [0.717, 1.165) is 11.1 Å². The van der Waals surface area contributed by atoms with Crippen LogP contribution in [0.15, 0.2) is 66.9 Å². The fraction of sp³-hybridized carbons (Fsp3) is 0.136. The maximum absolute atomic E-state index is 12.5. The Morgan fingerprint density at radius 1 is 1.03 bits per heavy atom. The van der Waals surface area contributed by atoms with Gasteiger partial charge in [0.25, 0.3) is 5.91 Å². The maximum atomic E-state index is 12.5. The summed E-state index contributed by atoms with van der Waals surface area (Å²) in [5, 5.41) is 10.3. The van der Waals surface area contributed by atoms with Gasteiger partial charge >= 0.3 is 0 Å². The third-order valence-electron chi connectivity index (χ3n) is 4.04. The van der Waals surface area contributed by atoms with Crippen LogP contribution in [0.4, 0.5) is 0 Å². The third-order valence-corrected chi connectivity index (χ3v) is 4.04. The standard InChI is InChI=1S/C21H21N5O2.CH4/c22-12-14-7-8-25-19(10-14)28-18-6-2-5-17(11-18)21(27)26-13-15-3-1-4-16(9-15)20(23)24;/h1-11H,12-13,22H2,(H3,23,24)(H,26,27);1H4. The Morgan fingerprint density at radius 3 is 2.55 bits per heavy atom. The fourth-order valence-electron chi connectivity index (χ4n) is 2.59. The smallest absolute Gasteiger partial charge is 0.251 e. The molecule has 7 nitrogen and oxygen atoms in total. The summed E-state index contributed by atoms with van der Waals surface area (Å²) in [7, 11) is 0. The number of nitrogen functional groups attached to an aromatic ring is 1. The average Bonchev–Trinajstić information content (AvgIpc) is 2.72. The normalized spacial score (nSPS) is 9.97. The minimum Gasteiger partial charge on any atom is -0.439 e. The van der Waals surface area contributed by atoms with Crippen molar-refractivity contribution in [1.82, 2.24) is 10.3 Å². The second kappa shape index (κ2) is 10.0. The molecule has 3 rings (SSSR count). The van der Waals surface area contributed by atoms with Crippen molar-refractivity contribution in [1.29, 1.82) is 5.41 Å². The molecule has 1 heterocycles. The highest BCUT2D eigenvalue weighted by Crippen LogP contribution is 2.21. The number of carbonyl (C=O) groups excluding carboxylic acids is 1. The van der Waals surface area contributed by atoms with Crippen LogP contribution in [0.3, 0.4) is 0 Å². The van der Waals surface area contributed by atoms with E-state index < -0.39 is 0 Å². The number of carbonyl (C=O) groups is 1. The summed E-state index contributed by atoms with van der Waals surface area (Å²) in [5.74, 6) is 0.683. The third kappa shape index (κ3) is 5.88. The summed E-state index contributed by atoms with van der Waals surface area (Å²) in [5.41, 5.74) is 14.0. The first-order valence-corrected chi connectivity index (χ1v) is 8.69. The van der Waals surface area contributed by atoms with Crippen LogP contribution in [0.5, 0.6) is 11.6 Å². The molecule has 0 fully saturated rings. The van der Waals surface area contributed by atoms with Crippen LogP contribution in [-0.2, 0) is 13.1 Å². The van der Waals surface area contributed by atoms with Gasteiger partial charge in [0.2, 0.25) is 5.88 Å². The minimum atomic E-state index is -0.234. The van der Waals surface area contributed by atoms with Gasteiger partial charge in [0.05, 0.1) is 0 Å². The van der Waals surface area contributed by atoms with E-state index in [4.69, 9.17) is 21.6 Å². The van der Waals surface area contributed by atoms with E-state index in [0.29, 0.717) is 35.8 Å². The zero-order valence-electron chi connectivity index (χ0n) is 15.2. The Morgan fingerprint density at radius 2 is 1.79 bits per heavy atom. The summed E-state index contributed by atoms with van der Waals surface area (Å²) in [6, 6.07) is 17.6. The number of nitrogens with two attached hydrogens (primary N) is 2. The van der Waals surface area contributed by atoms with E-state index in [1.165, 1.54) is 0 Å². The van der Waals surface area contributed by atoms with Gasteiger partial charge in [-0.25, -0.2) is 4.98 Å². The Bertz CT molecular complexity index is 1000. The van der Waals surface area contributed by atoms with Gasteiger partial charge < -0.3 is 21.5 Å². The first-order valence-electron chi connectivity index (χ1n) is 8.69. The number of ether oxygens (including phenoxy) is 1. The molecule has 0 aliphatic heterocycles. The number of aromatic nitrogens is 1. The van der Waals surface area contributed by atoms with Gasteiger partial charge in [-0.15, -0.1) is 0 Å². The van der Waals surface area contributed by atoms with Crippen molar-refractivity contribution in [2.45, 2.75) is 20.5 Å². The highest BCUT2D eigenvalue weighted by Gasteiger charge is 2.08. The van der Waals surface area contributed by atoms with Crippen molar-refractivity contribution in [2.75, 3.05) is 0 Å². The molecule has 0 saturated heterocycles. The highest BCUT2D eigenvalue weighted by atomic mass is 16.5. The number of pyridine rings is 1. The SMILES string of the molecule is C.N=C(N)c1cccc(CNC(=O)c2cccc(Oc3cc(CN)ccn3)c2)c1. The lowest BCUT2D eigenvalue weighted by Crippen LogP contribution is -2.23. The highest BCUT2D eigenvalue weighted by molar-refractivity contribution is 5.95. The molecule has 7 heteroatoms. The van der Waals surface area contributed by atoms with Crippen molar-refractivity contribution < 1.29 is 9.53 Å². The molecule has 150 valence electrons. The fourth-order valence-corrected chi connectivity index (χ4v) is 2.59. The molecule has 0 radical (unpaired) electrons. The Hall–Kier alpha value is -3.71. The van der Waals surface area contributed by atoms with E-state index in [2.05, 4.69) is 10.3 Å². The molecule has 0 aliphatic carbocycles. The van der Waals surface area contributed by atoms with Gasteiger partial charge in [-0.1, -0.05) is 31.7 Å². The Labute approximate surface area is 170 Å². The lowest BCUT2D eigenvalue weighted by molar-refractivity contribution is 0.0950. The van der Waals surface area contributed by atoms with Gasteiger partial charge in [-0.05, 0) is 41.5 Å². The van der Waals surface area contributed by atoms with Crippen LogP contribution in [-0.4, -0.2) is 16.7 Å². The van der Waals surface area contributed by atoms with Crippen molar-refractivity contribution >= 4 is 11.7 Å². The molecule has 0 unspecified atom stereocenters.